The summed E-state index contributed by atoms with van der Waals surface area (Å²) in [5, 5.41) is 30.0. The van der Waals surface area contributed by atoms with Crippen LogP contribution in [-0.4, -0.2) is 76.4 Å². The van der Waals surface area contributed by atoms with E-state index in [-0.39, 0.29) is 11.3 Å². The molecule has 6 N–H and O–H groups in total. The number of anilines is 2. The van der Waals surface area contributed by atoms with Crippen LogP contribution in [0, 0.1) is 29.6 Å². The normalized spacial score (nSPS) is 29.2. The molecular weight excluding hydrogens is 580 g/mol. The highest BCUT2D eigenvalue weighted by Crippen LogP contribution is 2.53. The molecule has 0 bridgehead atoms. The van der Waals surface area contributed by atoms with Crippen molar-refractivity contribution in [3.8, 4) is 5.75 Å². The lowest BCUT2D eigenvalue weighted by Gasteiger charge is -2.52. The molecule has 6 rings (SSSR count). The molecular formula is C33H32N4O8. The molecule has 0 heterocycles. The Morgan fingerprint density at radius 2 is 1.49 bits per heavy atom. The van der Waals surface area contributed by atoms with Gasteiger partial charge in [-0.05, 0) is 43.1 Å². The first-order chi connectivity index (χ1) is 21.3. The first-order valence-electron chi connectivity index (χ1n) is 14.6. The third-order valence-corrected chi connectivity index (χ3v) is 9.64. The quantitative estimate of drug-likeness (QED) is 0.216. The molecule has 5 unspecified atom stereocenters. The number of carbonyl (C=O) groups is 6. The fraction of sp³-hybridized carbons (Fsp3) is 0.333. The summed E-state index contributed by atoms with van der Waals surface area (Å²) in [5.41, 5.74) is 5.96. The van der Waals surface area contributed by atoms with Gasteiger partial charge in [0.1, 0.15) is 5.75 Å². The summed E-state index contributed by atoms with van der Waals surface area (Å²) in [6.07, 6.45) is -1.45. The van der Waals surface area contributed by atoms with E-state index in [1.165, 1.54) is 31.1 Å². The number of Topliss-reactive ketones (excluding diaryl/α,β-unsaturated/α-hetero) is 4. The average molecular weight is 613 g/mol. The molecule has 12 heteroatoms. The number of benzene rings is 3. The molecule has 45 heavy (non-hydrogen) atoms. The summed E-state index contributed by atoms with van der Waals surface area (Å²) in [6, 6.07) is 13.9. The van der Waals surface area contributed by atoms with Gasteiger partial charge in [-0.15, -0.1) is 0 Å². The van der Waals surface area contributed by atoms with Crippen LogP contribution in [0.4, 0.5) is 16.2 Å². The Kier molecular flexibility index (Phi) is 7.29. The smallest absolute Gasteiger partial charge is 0.323 e. The van der Waals surface area contributed by atoms with Crippen molar-refractivity contribution in [2.75, 3.05) is 24.7 Å². The predicted octanol–water partition coefficient (Wildman–Crippen LogP) is 2.08. The monoisotopic (exact) mass is 612 g/mol. The summed E-state index contributed by atoms with van der Waals surface area (Å²) in [5.74, 6) is -13.2. The van der Waals surface area contributed by atoms with Crippen LogP contribution < -0.4 is 16.4 Å². The number of nitrogens with one attached hydrogen (secondary N) is 2. The number of primary amides is 1. The molecule has 2 fully saturated rings. The highest BCUT2D eigenvalue weighted by Gasteiger charge is 2.65. The van der Waals surface area contributed by atoms with Crippen molar-refractivity contribution < 1.29 is 39.0 Å². The molecule has 0 aliphatic heterocycles. The number of phenolic OH excluding ortho intramolecular Hbond substituents is 1. The zero-order valence-corrected chi connectivity index (χ0v) is 24.7. The molecule has 232 valence electrons. The van der Waals surface area contributed by atoms with Crippen LogP contribution in [0.2, 0.25) is 0 Å². The number of nitrogens with zero attached hydrogens (tertiary/aromatic N) is 1. The second-order valence-corrected chi connectivity index (χ2v) is 12.2. The number of aromatic hydroxyl groups is 1. The van der Waals surface area contributed by atoms with Gasteiger partial charge in [-0.1, -0.05) is 49.4 Å². The molecule has 12 nitrogen and oxygen atoms in total. The number of hydrogen-bond acceptors (Lipinski definition) is 9. The van der Waals surface area contributed by atoms with Crippen molar-refractivity contribution >= 4 is 57.2 Å². The van der Waals surface area contributed by atoms with Gasteiger partial charge < -0.3 is 26.6 Å². The zero-order valence-electron chi connectivity index (χ0n) is 24.7. The van der Waals surface area contributed by atoms with Crippen LogP contribution in [0.15, 0.2) is 54.6 Å². The van der Waals surface area contributed by atoms with E-state index < -0.39 is 88.5 Å². The molecule has 3 aliphatic rings. The molecule has 3 aromatic carbocycles. The summed E-state index contributed by atoms with van der Waals surface area (Å²) >= 11 is 0. The molecule has 3 aromatic rings. The predicted molar refractivity (Wildman–Crippen MR) is 163 cm³/mol. The van der Waals surface area contributed by atoms with Crippen LogP contribution in [0.3, 0.4) is 0 Å². The van der Waals surface area contributed by atoms with Gasteiger partial charge in [0, 0.05) is 17.2 Å². The first-order valence-corrected chi connectivity index (χ1v) is 14.6. The Morgan fingerprint density at radius 3 is 2.18 bits per heavy atom. The summed E-state index contributed by atoms with van der Waals surface area (Å²) < 4.78 is 0. The van der Waals surface area contributed by atoms with Crippen molar-refractivity contribution in [1.29, 1.82) is 0 Å². The molecule has 3 amide bonds. The fourth-order valence-corrected chi connectivity index (χ4v) is 7.69. The number of amides is 3. The van der Waals surface area contributed by atoms with Crippen LogP contribution in [-0.2, 0) is 19.2 Å². The second-order valence-electron chi connectivity index (χ2n) is 12.2. The van der Waals surface area contributed by atoms with Crippen LogP contribution >= 0.6 is 0 Å². The molecule has 8 atom stereocenters. The summed E-state index contributed by atoms with van der Waals surface area (Å²) in [4.78, 5) is 81.4. The highest BCUT2D eigenvalue weighted by molar-refractivity contribution is 6.29. The number of fused-ring (bicyclic) bond motifs is 4. The third kappa shape index (κ3) is 4.51. The maximum Gasteiger partial charge on any atom is 0.323 e. The van der Waals surface area contributed by atoms with E-state index in [1.54, 1.807) is 19.1 Å². The molecule has 0 aromatic heterocycles. The van der Waals surface area contributed by atoms with Gasteiger partial charge in [0.2, 0.25) is 5.91 Å². The molecule has 3 aliphatic carbocycles. The Hall–Kier alpha value is -4.94. The number of urea groups is 1. The van der Waals surface area contributed by atoms with E-state index in [9.17, 15) is 39.0 Å². The minimum Gasteiger partial charge on any atom is -0.505 e. The number of rotatable bonds is 4. The van der Waals surface area contributed by atoms with Gasteiger partial charge >= 0.3 is 6.03 Å². The van der Waals surface area contributed by atoms with Crippen LogP contribution in [0.25, 0.3) is 10.8 Å². The van der Waals surface area contributed by atoms with E-state index >= 15 is 0 Å². The lowest BCUT2D eigenvalue weighted by molar-refractivity contribution is -0.167. The minimum absolute atomic E-state index is 0.0898. The van der Waals surface area contributed by atoms with E-state index in [0.29, 0.717) is 11.3 Å². The van der Waals surface area contributed by atoms with Crippen molar-refractivity contribution in [2.24, 2.45) is 35.3 Å². The van der Waals surface area contributed by atoms with E-state index in [4.69, 9.17) is 5.73 Å². The molecule has 0 radical (unpaired) electrons. The van der Waals surface area contributed by atoms with E-state index in [1.807, 2.05) is 30.3 Å². The first kappa shape index (κ1) is 30.1. The lowest BCUT2D eigenvalue weighted by atomic mass is 9.51. The lowest BCUT2D eigenvalue weighted by Crippen LogP contribution is -2.69. The maximum absolute atomic E-state index is 14.0. The number of phenols is 1. The van der Waals surface area contributed by atoms with Crippen molar-refractivity contribution in [3.63, 3.8) is 0 Å². The Labute approximate surface area is 257 Å². The number of carbonyl (C=O) groups excluding carboxylic acids is 6. The Bertz CT molecular complexity index is 1810. The minimum atomic E-state index is -1.89. The van der Waals surface area contributed by atoms with Crippen molar-refractivity contribution in [3.05, 3.63) is 65.7 Å². The van der Waals surface area contributed by atoms with Gasteiger partial charge in [-0.3, -0.25) is 28.9 Å². The summed E-state index contributed by atoms with van der Waals surface area (Å²) in [7, 11) is 3.06. The van der Waals surface area contributed by atoms with Crippen molar-refractivity contribution in [1.82, 2.24) is 4.90 Å². The molecule has 0 spiro atoms. The highest BCUT2D eigenvalue weighted by atomic mass is 16.3. The molecule has 0 saturated heterocycles. The average Bonchev–Trinajstić information content (AvgIpc) is 2.98. The number of ketones is 4. The Balaban J connectivity index is 1.35. The zero-order chi connectivity index (χ0) is 32.5. The number of aliphatic hydroxyl groups excluding tert-OH is 1. The number of likely N-dealkylation sites (N-methyl/N-ethyl adjacent to an activating group) is 1. The van der Waals surface area contributed by atoms with Crippen LogP contribution in [0.1, 0.15) is 28.8 Å². The van der Waals surface area contributed by atoms with E-state index in [0.717, 1.165) is 10.8 Å². The number of aliphatic hydroxyl groups is 1. The SMILES string of the molecule is C[C@H]1c2ccc(NC(=O)Nc3cccc4ccccc34)c(O)c2C(=O)C2C(=O)C3C(=O)C(C(N)=O)C(=O)[C@@H](N(C)C)C3[C@@H](O)C21. The maximum atomic E-state index is 14.0. The van der Waals surface area contributed by atoms with E-state index in [2.05, 4.69) is 10.6 Å². The van der Waals surface area contributed by atoms with Gasteiger partial charge in [0.05, 0.1) is 40.9 Å². The van der Waals surface area contributed by atoms with Gasteiger partial charge in [0.15, 0.2) is 29.1 Å². The van der Waals surface area contributed by atoms with Gasteiger partial charge in [0.25, 0.3) is 0 Å². The largest absolute Gasteiger partial charge is 0.505 e. The van der Waals surface area contributed by atoms with Gasteiger partial charge in [-0.25, -0.2) is 4.79 Å². The number of nitrogens with two attached hydrogens (primary N) is 1. The summed E-state index contributed by atoms with van der Waals surface area (Å²) in [6.45, 7) is 1.68. The Morgan fingerprint density at radius 1 is 0.822 bits per heavy atom. The van der Waals surface area contributed by atoms with Crippen LogP contribution in [0.5, 0.6) is 5.75 Å². The standard InChI is InChI=1S/C33H32N4O8/c1-13-15-11-12-18(36-33(45)35-17-10-6-8-14-7-4-5-9-16(14)17)26(38)20(15)28(40)22-19(13)27(39)21-23(29(22)41)30(42)24(32(34)44)31(43)25(21)37(2)3/h4-13,19,21-25,27,38-39H,1-3H3,(H2,34,44)(H2,35,36,45)/t13-,19?,21?,22?,23?,24?,25-,27-/m0/s1. The van der Waals surface area contributed by atoms with Crippen molar-refractivity contribution in [2.45, 2.75) is 25.0 Å². The number of hydrogen-bond donors (Lipinski definition) is 5. The second kappa shape index (κ2) is 10.9. The fourth-order valence-electron chi connectivity index (χ4n) is 7.69. The molecule has 2 saturated carbocycles. The topological polar surface area (TPSA) is 196 Å². The third-order valence-electron chi connectivity index (χ3n) is 9.64. The van der Waals surface area contributed by atoms with Gasteiger partial charge in [-0.2, -0.15) is 0 Å².